The van der Waals surface area contributed by atoms with E-state index in [9.17, 15) is 9.59 Å². The van der Waals surface area contributed by atoms with Gasteiger partial charge in [-0.3, -0.25) is 14.0 Å². The summed E-state index contributed by atoms with van der Waals surface area (Å²) in [5.41, 5.74) is 3.16. The first-order chi connectivity index (χ1) is 13.9. The number of rotatable bonds is 2. The first-order valence-corrected chi connectivity index (χ1v) is 9.62. The fraction of sp³-hybridized carbons (Fsp3) is 0.217. The van der Waals surface area contributed by atoms with E-state index in [4.69, 9.17) is 0 Å². The van der Waals surface area contributed by atoms with Gasteiger partial charge in [-0.2, -0.15) is 5.11 Å². The zero-order valence-electron chi connectivity index (χ0n) is 16.3. The van der Waals surface area contributed by atoms with Crippen LogP contribution in [0.4, 0.5) is 5.69 Å². The first-order valence-electron chi connectivity index (χ1n) is 9.62. The van der Waals surface area contributed by atoms with Crippen LogP contribution in [0.5, 0.6) is 0 Å². The van der Waals surface area contributed by atoms with E-state index < -0.39 is 0 Å². The molecule has 1 aliphatic carbocycles. The molecule has 1 aliphatic rings. The highest BCUT2D eigenvalue weighted by Crippen LogP contribution is 2.37. The average molecular weight is 384 g/mol. The molecule has 0 unspecified atom stereocenters. The van der Waals surface area contributed by atoms with E-state index >= 15 is 0 Å². The van der Waals surface area contributed by atoms with Crippen molar-refractivity contribution in [3.8, 4) is 0 Å². The van der Waals surface area contributed by atoms with Crippen molar-refractivity contribution < 1.29 is 4.79 Å². The summed E-state index contributed by atoms with van der Waals surface area (Å²) in [6.45, 7) is 4.11. The number of azo groups is 1. The molecule has 29 heavy (non-hydrogen) atoms. The van der Waals surface area contributed by atoms with Gasteiger partial charge in [-0.05, 0) is 30.0 Å². The number of benzene rings is 2. The van der Waals surface area contributed by atoms with Crippen LogP contribution in [0.25, 0.3) is 27.5 Å². The number of ketones is 1. The van der Waals surface area contributed by atoms with Gasteiger partial charge in [-0.15, -0.1) is 5.11 Å². The number of carbonyl (C=O) groups excluding carboxylic acids is 1. The van der Waals surface area contributed by atoms with Crippen LogP contribution in [0.2, 0.25) is 0 Å². The molecular formula is C23H20N4O2. The third-order valence-electron chi connectivity index (χ3n) is 5.38. The van der Waals surface area contributed by atoms with E-state index in [1.807, 2.05) is 48.5 Å². The highest BCUT2D eigenvalue weighted by atomic mass is 16.1. The quantitative estimate of drug-likeness (QED) is 0.477. The van der Waals surface area contributed by atoms with Gasteiger partial charge in [0.2, 0.25) is 0 Å². The second kappa shape index (κ2) is 6.24. The van der Waals surface area contributed by atoms with E-state index in [-0.39, 0.29) is 16.8 Å². The molecule has 2 aromatic carbocycles. The smallest absolute Gasteiger partial charge is 0.266 e. The Labute approximate surface area is 166 Å². The highest BCUT2D eigenvalue weighted by Gasteiger charge is 2.27. The van der Waals surface area contributed by atoms with Crippen LogP contribution in [0, 0.1) is 5.41 Å². The Morgan fingerprint density at radius 3 is 2.45 bits per heavy atom. The summed E-state index contributed by atoms with van der Waals surface area (Å²) >= 11 is 0. The molecule has 0 amide bonds. The summed E-state index contributed by atoms with van der Waals surface area (Å²) in [5, 5.41) is 10.4. The zero-order chi connectivity index (χ0) is 20.2. The third-order valence-corrected chi connectivity index (χ3v) is 5.38. The number of H-pyrrole nitrogens is 1. The van der Waals surface area contributed by atoms with Gasteiger partial charge >= 0.3 is 0 Å². The van der Waals surface area contributed by atoms with E-state index in [0.29, 0.717) is 35.3 Å². The molecule has 0 spiro atoms. The number of nitrogens with one attached hydrogen (secondary N) is 1. The van der Waals surface area contributed by atoms with Crippen molar-refractivity contribution in [1.82, 2.24) is 9.38 Å². The lowest BCUT2D eigenvalue weighted by Crippen LogP contribution is -2.21. The third kappa shape index (κ3) is 2.88. The van der Waals surface area contributed by atoms with E-state index in [1.54, 1.807) is 10.5 Å². The topological polar surface area (TPSA) is 79.1 Å². The van der Waals surface area contributed by atoms with Crippen molar-refractivity contribution in [2.75, 3.05) is 0 Å². The summed E-state index contributed by atoms with van der Waals surface area (Å²) in [4.78, 5) is 28.5. The monoisotopic (exact) mass is 384 g/mol. The van der Waals surface area contributed by atoms with E-state index in [2.05, 4.69) is 29.1 Å². The predicted octanol–water partition coefficient (Wildman–Crippen LogP) is 5.29. The maximum absolute atomic E-state index is 13.2. The number of fused-ring (bicyclic) bond motifs is 4. The lowest BCUT2D eigenvalue weighted by atomic mass is 9.79. The van der Waals surface area contributed by atoms with Crippen LogP contribution >= 0.6 is 0 Å². The summed E-state index contributed by atoms with van der Waals surface area (Å²) in [6, 6.07) is 15.1. The number of nitrogens with zero attached hydrogens (tertiary/aromatic N) is 3. The van der Waals surface area contributed by atoms with Crippen LogP contribution in [-0.4, -0.2) is 15.2 Å². The van der Waals surface area contributed by atoms with E-state index in [0.717, 1.165) is 16.4 Å². The lowest BCUT2D eigenvalue weighted by molar-refractivity contribution is -0.117. The van der Waals surface area contributed by atoms with Gasteiger partial charge in [0.25, 0.3) is 5.56 Å². The van der Waals surface area contributed by atoms with Crippen molar-refractivity contribution in [1.29, 1.82) is 0 Å². The molecule has 2 aromatic heterocycles. The van der Waals surface area contributed by atoms with Crippen LogP contribution in [0.3, 0.4) is 0 Å². The Morgan fingerprint density at radius 2 is 1.66 bits per heavy atom. The van der Waals surface area contributed by atoms with Crippen LogP contribution in [-0.2, 0) is 4.79 Å². The fourth-order valence-electron chi connectivity index (χ4n) is 4.17. The van der Waals surface area contributed by atoms with Crippen molar-refractivity contribution in [2.24, 2.45) is 15.6 Å². The van der Waals surface area contributed by atoms with Gasteiger partial charge in [-0.25, -0.2) is 0 Å². The molecule has 0 atom stereocenters. The van der Waals surface area contributed by atoms with Gasteiger partial charge in [0, 0.05) is 17.9 Å². The largest absolute Gasteiger partial charge is 0.339 e. The molecule has 5 rings (SSSR count). The molecule has 144 valence electrons. The minimum absolute atomic E-state index is 0.0706. The molecule has 6 heteroatoms. The number of carbonyl (C=O) groups is 1. The Balaban J connectivity index is 1.77. The maximum Gasteiger partial charge on any atom is 0.266 e. The van der Waals surface area contributed by atoms with Gasteiger partial charge in [0.15, 0.2) is 5.78 Å². The SMILES string of the molecule is CC1(C)CC(=O)C=C(N=Nc2c3ccccc3n3c(=O)c4ccccc4[nH]c23)C1. The van der Waals surface area contributed by atoms with Crippen LogP contribution < -0.4 is 5.56 Å². The molecule has 2 heterocycles. The molecule has 4 aromatic rings. The standard InChI is InChI=1S/C23H20N4O2/c1-23(2)12-14(11-15(28)13-23)25-26-20-17-8-4-6-10-19(17)27-21(20)24-18-9-5-3-7-16(18)22(27)29/h3-11,24H,12-13H2,1-2H3. The van der Waals surface area contributed by atoms with Crippen molar-refractivity contribution in [3.63, 3.8) is 0 Å². The van der Waals surface area contributed by atoms with Crippen LogP contribution in [0.15, 0.2) is 75.3 Å². The molecular weight excluding hydrogens is 364 g/mol. The number of aromatic amines is 1. The van der Waals surface area contributed by atoms with Gasteiger partial charge < -0.3 is 4.98 Å². The van der Waals surface area contributed by atoms with Crippen LogP contribution in [0.1, 0.15) is 26.7 Å². The Bertz CT molecular complexity index is 1420. The molecule has 0 fully saturated rings. The molecule has 0 saturated heterocycles. The summed E-state index contributed by atoms with van der Waals surface area (Å²) < 4.78 is 1.65. The molecule has 0 radical (unpaired) electrons. The predicted molar refractivity (Wildman–Crippen MR) is 114 cm³/mol. The molecule has 0 bridgehead atoms. The number of hydrogen-bond donors (Lipinski definition) is 1. The minimum atomic E-state index is -0.129. The van der Waals surface area contributed by atoms with Crippen molar-refractivity contribution >= 4 is 38.9 Å². The second-order valence-electron chi connectivity index (χ2n) is 8.35. The molecule has 1 N–H and O–H groups in total. The first kappa shape index (κ1) is 17.6. The van der Waals surface area contributed by atoms with Gasteiger partial charge in [0.1, 0.15) is 11.3 Å². The lowest BCUT2D eigenvalue weighted by Gasteiger charge is -2.26. The summed E-state index contributed by atoms with van der Waals surface area (Å²) in [7, 11) is 0. The minimum Gasteiger partial charge on any atom is -0.339 e. The Morgan fingerprint density at radius 1 is 0.931 bits per heavy atom. The second-order valence-corrected chi connectivity index (χ2v) is 8.35. The Kier molecular flexibility index (Phi) is 3.77. The zero-order valence-corrected chi connectivity index (χ0v) is 16.3. The molecule has 6 nitrogen and oxygen atoms in total. The number of allylic oxidation sites excluding steroid dienone is 2. The highest BCUT2D eigenvalue weighted by molar-refractivity contribution is 6.01. The van der Waals surface area contributed by atoms with Crippen molar-refractivity contribution in [3.05, 3.63) is 70.7 Å². The number of para-hydroxylation sites is 2. The van der Waals surface area contributed by atoms with Gasteiger partial charge in [-0.1, -0.05) is 44.2 Å². The normalized spacial score (nSPS) is 16.9. The Hall–Kier alpha value is -3.54. The number of aromatic nitrogens is 2. The summed E-state index contributed by atoms with van der Waals surface area (Å²) in [5.74, 6) is 0.0706. The van der Waals surface area contributed by atoms with Gasteiger partial charge in [0.05, 0.1) is 22.1 Å². The molecule has 0 saturated carbocycles. The number of hydrogen-bond acceptors (Lipinski definition) is 4. The fourth-order valence-corrected chi connectivity index (χ4v) is 4.17. The van der Waals surface area contributed by atoms with E-state index in [1.165, 1.54) is 0 Å². The molecule has 0 aliphatic heterocycles. The average Bonchev–Trinajstić information content (AvgIpc) is 2.99. The summed E-state index contributed by atoms with van der Waals surface area (Å²) in [6.07, 6.45) is 2.78. The maximum atomic E-state index is 13.2. The van der Waals surface area contributed by atoms with Crippen molar-refractivity contribution in [2.45, 2.75) is 26.7 Å².